The molecule has 2 N–H and O–H groups in total. The van der Waals surface area contributed by atoms with Gasteiger partial charge in [0.25, 0.3) is 0 Å². The highest BCUT2D eigenvalue weighted by atomic mass is 35.5. The fourth-order valence-electron chi connectivity index (χ4n) is 1.89. The molecule has 0 aliphatic heterocycles. The normalized spacial score (nSPS) is 10.7. The molecule has 1 aromatic heterocycles. The van der Waals surface area contributed by atoms with Gasteiger partial charge in [-0.1, -0.05) is 46.0 Å². The fraction of sp³-hybridized carbons (Fsp3) is 0.0667. The van der Waals surface area contributed by atoms with E-state index in [4.69, 9.17) is 49.7 Å². The summed E-state index contributed by atoms with van der Waals surface area (Å²) in [5, 5.41) is 8.79. The van der Waals surface area contributed by atoms with Gasteiger partial charge in [-0.15, -0.1) is 5.10 Å². The number of aromatic nitrogens is 2. The van der Waals surface area contributed by atoms with Crippen molar-refractivity contribution in [3.63, 3.8) is 0 Å². The Morgan fingerprint density at radius 3 is 2.43 bits per heavy atom. The number of ether oxygens (including phenoxy) is 1. The van der Waals surface area contributed by atoms with Crippen LogP contribution in [0.1, 0.15) is 5.56 Å². The van der Waals surface area contributed by atoms with Crippen molar-refractivity contribution in [2.24, 2.45) is 0 Å². The lowest BCUT2D eigenvalue weighted by Crippen LogP contribution is -1.96. The minimum atomic E-state index is -0.00364. The lowest BCUT2D eigenvalue weighted by atomic mass is 10.2. The van der Waals surface area contributed by atoms with Crippen molar-refractivity contribution in [1.82, 2.24) is 10.2 Å². The van der Waals surface area contributed by atoms with Gasteiger partial charge in [0, 0.05) is 5.56 Å². The molecular formula is C15H10Cl3N3O2. The van der Waals surface area contributed by atoms with Crippen molar-refractivity contribution in [1.29, 1.82) is 0 Å². The summed E-state index contributed by atoms with van der Waals surface area (Å²) in [5.74, 6) is 0.814. The van der Waals surface area contributed by atoms with E-state index in [0.717, 1.165) is 5.56 Å². The molecule has 0 saturated heterocycles. The third-order valence-corrected chi connectivity index (χ3v) is 4.03. The largest absolute Gasteiger partial charge is 0.487 e. The predicted octanol–water partition coefficient (Wildman–Crippen LogP) is 4.86. The van der Waals surface area contributed by atoms with E-state index in [0.29, 0.717) is 38.9 Å². The summed E-state index contributed by atoms with van der Waals surface area (Å²) in [6.07, 6.45) is 0. The van der Waals surface area contributed by atoms with Crippen LogP contribution in [-0.4, -0.2) is 10.2 Å². The van der Waals surface area contributed by atoms with Crippen molar-refractivity contribution in [3.8, 4) is 17.2 Å². The van der Waals surface area contributed by atoms with E-state index >= 15 is 0 Å². The maximum absolute atomic E-state index is 6.22. The molecule has 0 aliphatic rings. The van der Waals surface area contributed by atoms with E-state index in [1.54, 1.807) is 30.3 Å². The number of nitrogens with two attached hydrogens (primary N) is 1. The molecule has 118 valence electrons. The quantitative estimate of drug-likeness (QED) is 0.710. The Bertz CT molecular complexity index is 852. The molecule has 0 bridgehead atoms. The van der Waals surface area contributed by atoms with Crippen molar-refractivity contribution in [2.45, 2.75) is 6.61 Å². The number of hydrogen-bond acceptors (Lipinski definition) is 5. The van der Waals surface area contributed by atoms with E-state index in [1.165, 1.54) is 0 Å². The lowest BCUT2D eigenvalue weighted by Gasteiger charge is -2.09. The molecular weight excluding hydrogens is 361 g/mol. The monoisotopic (exact) mass is 369 g/mol. The van der Waals surface area contributed by atoms with Crippen LogP contribution in [0.15, 0.2) is 40.8 Å². The highest BCUT2D eigenvalue weighted by Gasteiger charge is 2.10. The summed E-state index contributed by atoms with van der Waals surface area (Å²) in [4.78, 5) is 0. The summed E-state index contributed by atoms with van der Waals surface area (Å²) < 4.78 is 10.8. The maximum atomic E-state index is 6.22. The summed E-state index contributed by atoms with van der Waals surface area (Å²) in [6, 6.07) is 10.4. The first-order chi connectivity index (χ1) is 11.0. The van der Waals surface area contributed by atoms with Crippen LogP contribution in [0.4, 0.5) is 6.01 Å². The SMILES string of the molecule is Nc1nnc(-c2ccc(OCc3ccc(Cl)c(Cl)c3)c(Cl)c2)o1. The molecule has 8 heteroatoms. The zero-order valence-electron chi connectivity index (χ0n) is 11.6. The van der Waals surface area contributed by atoms with Crippen LogP contribution < -0.4 is 10.5 Å². The van der Waals surface area contributed by atoms with Gasteiger partial charge in [0.2, 0.25) is 5.89 Å². The van der Waals surface area contributed by atoms with Crippen LogP contribution in [0.25, 0.3) is 11.5 Å². The third-order valence-electron chi connectivity index (χ3n) is 3.00. The molecule has 5 nitrogen and oxygen atoms in total. The first-order valence-electron chi connectivity index (χ1n) is 6.48. The van der Waals surface area contributed by atoms with Crippen LogP contribution in [0, 0.1) is 0 Å². The van der Waals surface area contributed by atoms with Crippen molar-refractivity contribution in [2.75, 3.05) is 5.73 Å². The molecule has 0 saturated carbocycles. The second-order valence-corrected chi connectivity index (χ2v) is 5.85. The number of rotatable bonds is 4. The number of benzene rings is 2. The van der Waals surface area contributed by atoms with Crippen LogP contribution in [0.3, 0.4) is 0 Å². The Labute approximate surface area is 146 Å². The topological polar surface area (TPSA) is 74.2 Å². The second kappa shape index (κ2) is 6.66. The van der Waals surface area contributed by atoms with Gasteiger partial charge in [-0.3, -0.25) is 0 Å². The fourth-order valence-corrected chi connectivity index (χ4v) is 2.45. The Kier molecular flexibility index (Phi) is 4.61. The lowest BCUT2D eigenvalue weighted by molar-refractivity contribution is 0.306. The minimum Gasteiger partial charge on any atom is -0.487 e. The molecule has 0 unspecified atom stereocenters. The van der Waals surface area contributed by atoms with Gasteiger partial charge in [-0.2, -0.15) is 0 Å². The van der Waals surface area contributed by atoms with E-state index in [2.05, 4.69) is 10.2 Å². The average Bonchev–Trinajstić information content (AvgIpc) is 2.96. The number of anilines is 1. The molecule has 23 heavy (non-hydrogen) atoms. The summed E-state index contributed by atoms with van der Waals surface area (Å²) in [6.45, 7) is 0.309. The van der Waals surface area contributed by atoms with Crippen molar-refractivity contribution in [3.05, 3.63) is 57.0 Å². The second-order valence-electron chi connectivity index (χ2n) is 4.63. The molecule has 3 aromatic rings. The van der Waals surface area contributed by atoms with Crippen LogP contribution in [0.5, 0.6) is 5.75 Å². The Hall–Kier alpha value is -1.95. The standard InChI is InChI=1S/C15H10Cl3N3O2/c16-10-3-1-8(5-11(10)17)7-22-13-4-2-9(6-12(13)18)14-20-21-15(19)23-14/h1-6H,7H2,(H2,19,21). The molecule has 1 heterocycles. The van der Waals surface area contributed by atoms with Gasteiger partial charge >= 0.3 is 6.01 Å². The zero-order valence-corrected chi connectivity index (χ0v) is 13.9. The predicted molar refractivity (Wildman–Crippen MR) is 90.0 cm³/mol. The summed E-state index contributed by atoms with van der Waals surface area (Å²) >= 11 is 18.1. The smallest absolute Gasteiger partial charge is 0.313 e. The average molecular weight is 371 g/mol. The van der Waals surface area contributed by atoms with Crippen LogP contribution >= 0.6 is 34.8 Å². The molecule has 0 spiro atoms. The molecule has 2 aromatic carbocycles. The molecule has 0 aliphatic carbocycles. The van der Waals surface area contributed by atoms with E-state index < -0.39 is 0 Å². The van der Waals surface area contributed by atoms with Crippen LogP contribution in [0.2, 0.25) is 15.1 Å². The van der Waals surface area contributed by atoms with Crippen molar-refractivity contribution < 1.29 is 9.15 Å². The summed E-state index contributed by atoms with van der Waals surface area (Å²) in [7, 11) is 0. The van der Waals surface area contributed by atoms with Gasteiger partial charge in [0.15, 0.2) is 0 Å². The van der Waals surface area contributed by atoms with Gasteiger partial charge in [-0.25, -0.2) is 0 Å². The molecule has 0 atom stereocenters. The number of nitrogen functional groups attached to an aromatic ring is 1. The van der Waals surface area contributed by atoms with Gasteiger partial charge in [-0.05, 0) is 35.9 Å². The molecule has 0 amide bonds. The van der Waals surface area contributed by atoms with Crippen molar-refractivity contribution >= 4 is 40.8 Å². The zero-order chi connectivity index (χ0) is 16.4. The van der Waals surface area contributed by atoms with Gasteiger partial charge in [0.1, 0.15) is 12.4 Å². The molecule has 0 fully saturated rings. The highest BCUT2D eigenvalue weighted by molar-refractivity contribution is 6.42. The first kappa shape index (κ1) is 15.9. The number of hydrogen-bond donors (Lipinski definition) is 1. The Morgan fingerprint density at radius 2 is 1.78 bits per heavy atom. The van der Waals surface area contributed by atoms with Gasteiger partial charge in [0.05, 0.1) is 15.1 Å². The molecule has 0 radical (unpaired) electrons. The van der Waals surface area contributed by atoms with E-state index in [1.807, 2.05) is 6.07 Å². The summed E-state index contributed by atoms with van der Waals surface area (Å²) in [5.41, 5.74) is 6.93. The molecule has 3 rings (SSSR count). The maximum Gasteiger partial charge on any atom is 0.313 e. The number of nitrogens with zero attached hydrogens (tertiary/aromatic N) is 2. The minimum absolute atomic E-state index is 0.00364. The van der Waals surface area contributed by atoms with E-state index in [-0.39, 0.29) is 6.01 Å². The first-order valence-corrected chi connectivity index (χ1v) is 7.62. The number of halogens is 3. The van der Waals surface area contributed by atoms with E-state index in [9.17, 15) is 0 Å². The van der Waals surface area contributed by atoms with Crippen LogP contribution in [-0.2, 0) is 6.61 Å². The Morgan fingerprint density at radius 1 is 0.957 bits per heavy atom. The highest BCUT2D eigenvalue weighted by Crippen LogP contribution is 2.31. The third kappa shape index (κ3) is 3.69. The van der Waals surface area contributed by atoms with Gasteiger partial charge < -0.3 is 14.9 Å². The Balaban J connectivity index is 1.74.